The molecule has 0 N–H and O–H groups in total. The molecule has 19 heavy (non-hydrogen) atoms. The van der Waals surface area contributed by atoms with Crippen molar-refractivity contribution >= 4 is 5.91 Å². The van der Waals surface area contributed by atoms with Crippen LogP contribution in [0.5, 0.6) is 0 Å². The van der Waals surface area contributed by atoms with Crippen LogP contribution in [0.3, 0.4) is 0 Å². The van der Waals surface area contributed by atoms with Gasteiger partial charge in [-0.3, -0.25) is 9.69 Å². The zero-order chi connectivity index (χ0) is 13.2. The van der Waals surface area contributed by atoms with Crippen LogP contribution in [0, 0.1) is 5.92 Å². The summed E-state index contributed by atoms with van der Waals surface area (Å²) in [5.41, 5.74) is 0. The van der Waals surface area contributed by atoms with Crippen molar-refractivity contribution < 1.29 is 4.79 Å². The molecule has 3 nitrogen and oxygen atoms in total. The molecule has 1 amide bonds. The Kier molecular flexibility index (Phi) is 4.11. The predicted octanol–water partition coefficient (Wildman–Crippen LogP) is 2.65. The van der Waals surface area contributed by atoms with Crippen LogP contribution >= 0.6 is 0 Å². The zero-order valence-electron chi connectivity index (χ0n) is 12.3. The summed E-state index contributed by atoms with van der Waals surface area (Å²) >= 11 is 0. The maximum Gasteiger partial charge on any atom is 0.225 e. The lowest BCUT2D eigenvalue weighted by molar-refractivity contribution is -0.136. The monoisotopic (exact) mass is 264 g/mol. The first-order valence-electron chi connectivity index (χ1n) is 8.26. The topological polar surface area (TPSA) is 23.6 Å². The summed E-state index contributed by atoms with van der Waals surface area (Å²) in [6.45, 7) is 1.99. The highest BCUT2D eigenvalue weighted by molar-refractivity contribution is 5.79. The van der Waals surface area contributed by atoms with E-state index < -0.39 is 0 Å². The summed E-state index contributed by atoms with van der Waals surface area (Å²) in [6.07, 6.45) is 11.3. The normalized spacial score (nSPS) is 34.1. The van der Waals surface area contributed by atoms with Crippen molar-refractivity contribution in [2.24, 2.45) is 5.92 Å². The molecular formula is C16H28N2O. The van der Waals surface area contributed by atoms with Crippen LogP contribution in [0.25, 0.3) is 0 Å². The van der Waals surface area contributed by atoms with Gasteiger partial charge in [0.25, 0.3) is 0 Å². The van der Waals surface area contributed by atoms with E-state index in [0.29, 0.717) is 17.9 Å². The van der Waals surface area contributed by atoms with Crippen molar-refractivity contribution in [3.05, 3.63) is 0 Å². The first-order chi connectivity index (χ1) is 9.25. The molecular weight excluding hydrogens is 236 g/mol. The van der Waals surface area contributed by atoms with Gasteiger partial charge in [0.15, 0.2) is 0 Å². The Morgan fingerprint density at radius 1 is 0.895 bits per heavy atom. The summed E-state index contributed by atoms with van der Waals surface area (Å²) < 4.78 is 0. The standard InChI is InChI=1S/C16H28N2O/c1-17-14-8-9-15(17)12-18(11-10-14)16(19)13-6-4-2-3-5-7-13/h13-15H,2-12H2,1H3. The lowest BCUT2D eigenvalue weighted by Gasteiger charge is -2.29. The van der Waals surface area contributed by atoms with Crippen molar-refractivity contribution in [2.45, 2.75) is 69.9 Å². The van der Waals surface area contributed by atoms with Gasteiger partial charge in [0.05, 0.1) is 0 Å². The number of hydrogen-bond donors (Lipinski definition) is 0. The number of carbonyl (C=O) groups is 1. The van der Waals surface area contributed by atoms with Gasteiger partial charge in [0.1, 0.15) is 0 Å². The largest absolute Gasteiger partial charge is 0.341 e. The number of nitrogens with zero attached hydrogens (tertiary/aromatic N) is 2. The van der Waals surface area contributed by atoms with Crippen LogP contribution in [0.1, 0.15) is 57.8 Å². The van der Waals surface area contributed by atoms with E-state index in [1.54, 1.807) is 0 Å². The maximum atomic E-state index is 12.7. The number of rotatable bonds is 1. The van der Waals surface area contributed by atoms with Gasteiger partial charge in [-0.15, -0.1) is 0 Å². The Morgan fingerprint density at radius 2 is 1.58 bits per heavy atom. The van der Waals surface area contributed by atoms with Crippen molar-refractivity contribution in [2.75, 3.05) is 20.1 Å². The molecule has 3 rings (SSSR count). The van der Waals surface area contributed by atoms with Gasteiger partial charge < -0.3 is 4.90 Å². The van der Waals surface area contributed by atoms with Crippen LogP contribution in [-0.2, 0) is 4.79 Å². The Hall–Kier alpha value is -0.570. The molecule has 0 aromatic heterocycles. The third-order valence-corrected chi connectivity index (χ3v) is 5.66. The van der Waals surface area contributed by atoms with Crippen molar-refractivity contribution in [3.8, 4) is 0 Å². The van der Waals surface area contributed by atoms with Crippen LogP contribution in [0.2, 0.25) is 0 Å². The minimum atomic E-state index is 0.337. The summed E-state index contributed by atoms with van der Waals surface area (Å²) in [7, 11) is 2.25. The van der Waals surface area contributed by atoms with Gasteiger partial charge in [-0.1, -0.05) is 25.7 Å². The van der Waals surface area contributed by atoms with E-state index in [2.05, 4.69) is 16.8 Å². The molecule has 1 aliphatic carbocycles. The molecule has 2 saturated heterocycles. The van der Waals surface area contributed by atoms with Gasteiger partial charge in [-0.05, 0) is 39.2 Å². The van der Waals surface area contributed by atoms with E-state index in [-0.39, 0.29) is 0 Å². The fraction of sp³-hybridized carbons (Fsp3) is 0.938. The summed E-state index contributed by atoms with van der Waals surface area (Å²) in [4.78, 5) is 17.5. The molecule has 2 aliphatic heterocycles. The van der Waals surface area contributed by atoms with Crippen LogP contribution in [-0.4, -0.2) is 47.9 Å². The second-order valence-electron chi connectivity index (χ2n) is 6.81. The van der Waals surface area contributed by atoms with Crippen LogP contribution in [0.4, 0.5) is 0 Å². The molecule has 2 unspecified atom stereocenters. The quantitative estimate of drug-likeness (QED) is 0.680. The first-order valence-corrected chi connectivity index (χ1v) is 8.26. The maximum absolute atomic E-state index is 12.7. The van der Waals surface area contributed by atoms with Crippen LogP contribution < -0.4 is 0 Å². The average Bonchev–Trinajstić information content (AvgIpc) is 2.62. The number of hydrogen-bond acceptors (Lipinski definition) is 2. The lowest BCUT2D eigenvalue weighted by atomic mass is 9.97. The SMILES string of the molecule is CN1C2CCC1CN(C(=O)C1CCCCCC1)CC2. The molecule has 3 aliphatic rings. The molecule has 2 heterocycles. The Bertz CT molecular complexity index is 323. The molecule has 2 bridgehead atoms. The first kappa shape index (κ1) is 13.4. The highest BCUT2D eigenvalue weighted by Crippen LogP contribution is 2.31. The predicted molar refractivity (Wildman–Crippen MR) is 77.0 cm³/mol. The molecule has 2 atom stereocenters. The molecule has 0 radical (unpaired) electrons. The van der Waals surface area contributed by atoms with E-state index in [0.717, 1.165) is 32.0 Å². The second-order valence-corrected chi connectivity index (χ2v) is 6.81. The molecule has 0 aromatic carbocycles. The van der Waals surface area contributed by atoms with Crippen LogP contribution in [0.15, 0.2) is 0 Å². The Labute approximate surface area is 117 Å². The van der Waals surface area contributed by atoms with Crippen molar-refractivity contribution in [1.82, 2.24) is 9.80 Å². The van der Waals surface area contributed by atoms with Gasteiger partial charge in [-0.25, -0.2) is 0 Å². The zero-order valence-corrected chi connectivity index (χ0v) is 12.3. The highest BCUT2D eigenvalue weighted by Gasteiger charge is 2.37. The minimum absolute atomic E-state index is 0.337. The number of fused-ring (bicyclic) bond motifs is 2. The molecule has 3 fully saturated rings. The van der Waals surface area contributed by atoms with E-state index in [1.807, 2.05) is 0 Å². The molecule has 0 spiro atoms. The lowest BCUT2D eigenvalue weighted by Crippen LogP contribution is -2.42. The van der Waals surface area contributed by atoms with E-state index >= 15 is 0 Å². The van der Waals surface area contributed by atoms with E-state index in [4.69, 9.17) is 0 Å². The Balaban J connectivity index is 1.63. The van der Waals surface area contributed by atoms with Crippen molar-refractivity contribution in [3.63, 3.8) is 0 Å². The van der Waals surface area contributed by atoms with Gasteiger partial charge in [0, 0.05) is 31.1 Å². The molecule has 0 aromatic rings. The van der Waals surface area contributed by atoms with Gasteiger partial charge in [0.2, 0.25) is 5.91 Å². The third kappa shape index (κ3) is 2.81. The van der Waals surface area contributed by atoms with Gasteiger partial charge >= 0.3 is 0 Å². The average molecular weight is 264 g/mol. The third-order valence-electron chi connectivity index (χ3n) is 5.66. The fourth-order valence-corrected chi connectivity index (χ4v) is 4.29. The Morgan fingerprint density at radius 3 is 2.32 bits per heavy atom. The minimum Gasteiger partial charge on any atom is -0.341 e. The number of amides is 1. The smallest absolute Gasteiger partial charge is 0.225 e. The van der Waals surface area contributed by atoms with Gasteiger partial charge in [-0.2, -0.15) is 0 Å². The number of likely N-dealkylation sites (N-methyl/N-ethyl adjacent to an activating group) is 1. The van der Waals surface area contributed by atoms with E-state index in [1.165, 1.54) is 44.9 Å². The molecule has 1 saturated carbocycles. The molecule has 108 valence electrons. The summed E-state index contributed by atoms with van der Waals surface area (Å²) in [5.74, 6) is 0.812. The number of carbonyl (C=O) groups excluding carboxylic acids is 1. The van der Waals surface area contributed by atoms with Crippen molar-refractivity contribution in [1.29, 1.82) is 0 Å². The summed E-state index contributed by atoms with van der Waals surface area (Å²) in [5, 5.41) is 0. The molecule has 3 heteroatoms. The highest BCUT2D eigenvalue weighted by atomic mass is 16.2. The fourth-order valence-electron chi connectivity index (χ4n) is 4.29. The second kappa shape index (κ2) is 5.82. The summed E-state index contributed by atoms with van der Waals surface area (Å²) in [6, 6.07) is 1.36. The number of likely N-dealkylation sites (tertiary alicyclic amines) is 1. The van der Waals surface area contributed by atoms with E-state index in [9.17, 15) is 4.79 Å².